The molecule has 1 aliphatic rings. The minimum atomic E-state index is -2.56. The molecule has 1 aromatic carbocycles. The van der Waals surface area contributed by atoms with E-state index in [4.69, 9.17) is 16.7 Å². The van der Waals surface area contributed by atoms with Crippen LogP contribution < -0.4 is 0 Å². The Balaban J connectivity index is 2.02. The Kier molecular flexibility index (Phi) is 4.06. The number of likely N-dealkylation sites (tertiary alicyclic amines) is 1. The van der Waals surface area contributed by atoms with Gasteiger partial charge in [0, 0.05) is 37.5 Å². The number of carboxylic acids is 1. The Morgan fingerprint density at radius 2 is 2.00 bits per heavy atom. The largest absolute Gasteiger partial charge is 0.478 e. The third-order valence-corrected chi connectivity index (χ3v) is 3.63. The molecule has 1 heterocycles. The minimum Gasteiger partial charge on any atom is -0.478 e. The highest BCUT2D eigenvalue weighted by Gasteiger charge is 2.33. The molecule has 104 valence electrons. The molecule has 6 heteroatoms. The van der Waals surface area contributed by atoms with Crippen LogP contribution in [-0.4, -0.2) is 35.0 Å². The number of carbonyl (C=O) groups is 1. The quantitative estimate of drug-likeness (QED) is 0.928. The predicted octanol–water partition coefficient (Wildman–Crippen LogP) is 3.27. The number of carboxylic acid groups (broad SMARTS) is 1. The van der Waals surface area contributed by atoms with Gasteiger partial charge in [-0.2, -0.15) is 0 Å². The molecule has 0 unspecified atom stereocenters. The first-order valence-electron chi connectivity index (χ1n) is 5.99. The molecule has 2 rings (SSSR count). The lowest BCUT2D eigenvalue weighted by Crippen LogP contribution is -2.38. The molecule has 0 saturated carbocycles. The fraction of sp³-hybridized carbons (Fsp3) is 0.462. The van der Waals surface area contributed by atoms with Crippen LogP contribution in [0.4, 0.5) is 8.78 Å². The second-order valence-electron chi connectivity index (χ2n) is 4.74. The molecule has 19 heavy (non-hydrogen) atoms. The SMILES string of the molecule is O=C(O)c1ccc(CN2CCC(F)(F)CC2)c(Cl)c1. The molecule has 0 aliphatic carbocycles. The first kappa shape index (κ1) is 14.2. The van der Waals surface area contributed by atoms with Crippen molar-refractivity contribution in [3.8, 4) is 0 Å². The molecule has 1 fully saturated rings. The summed E-state index contributed by atoms with van der Waals surface area (Å²) in [7, 11) is 0. The van der Waals surface area contributed by atoms with E-state index in [-0.39, 0.29) is 18.4 Å². The molecule has 3 nitrogen and oxygen atoms in total. The van der Waals surface area contributed by atoms with Gasteiger partial charge in [0.2, 0.25) is 0 Å². The van der Waals surface area contributed by atoms with E-state index in [1.54, 1.807) is 6.07 Å². The molecule has 1 saturated heterocycles. The zero-order valence-electron chi connectivity index (χ0n) is 10.2. The highest BCUT2D eigenvalue weighted by molar-refractivity contribution is 6.31. The van der Waals surface area contributed by atoms with Crippen LogP contribution in [0.5, 0.6) is 0 Å². The summed E-state index contributed by atoms with van der Waals surface area (Å²) in [5, 5.41) is 9.19. The third-order valence-electron chi connectivity index (χ3n) is 3.28. The van der Waals surface area contributed by atoms with Crippen LogP contribution in [0, 0.1) is 0 Å². The normalized spacial score (nSPS) is 19.3. The highest BCUT2D eigenvalue weighted by atomic mass is 35.5. The molecule has 1 aromatic rings. The summed E-state index contributed by atoms with van der Waals surface area (Å²) >= 11 is 6.01. The maximum Gasteiger partial charge on any atom is 0.335 e. The summed E-state index contributed by atoms with van der Waals surface area (Å²) in [6, 6.07) is 4.50. The summed E-state index contributed by atoms with van der Waals surface area (Å²) in [6.07, 6.45) is -0.282. The molecule has 0 aromatic heterocycles. The van der Waals surface area contributed by atoms with E-state index in [0.29, 0.717) is 24.7 Å². The van der Waals surface area contributed by atoms with E-state index in [1.165, 1.54) is 12.1 Å². The number of benzene rings is 1. The zero-order valence-corrected chi connectivity index (χ0v) is 11.0. The van der Waals surface area contributed by atoms with Crippen molar-refractivity contribution >= 4 is 17.6 Å². The van der Waals surface area contributed by atoms with Crippen molar-refractivity contribution < 1.29 is 18.7 Å². The predicted molar refractivity (Wildman–Crippen MR) is 67.9 cm³/mol. The van der Waals surface area contributed by atoms with Gasteiger partial charge in [0.15, 0.2) is 0 Å². The number of rotatable bonds is 3. The molecule has 0 radical (unpaired) electrons. The standard InChI is InChI=1S/C13H14ClF2NO2/c14-11-7-9(12(18)19)1-2-10(11)8-17-5-3-13(15,16)4-6-17/h1-2,7H,3-6,8H2,(H,18,19). The van der Waals surface area contributed by atoms with Crippen molar-refractivity contribution in [1.29, 1.82) is 0 Å². The Morgan fingerprint density at radius 1 is 1.37 bits per heavy atom. The summed E-state index contributed by atoms with van der Waals surface area (Å²) in [4.78, 5) is 12.7. The van der Waals surface area contributed by atoms with E-state index < -0.39 is 11.9 Å². The fourth-order valence-corrected chi connectivity index (χ4v) is 2.33. The summed E-state index contributed by atoms with van der Waals surface area (Å²) in [5.41, 5.74) is 0.885. The maximum absolute atomic E-state index is 13.0. The fourth-order valence-electron chi connectivity index (χ4n) is 2.09. The van der Waals surface area contributed by atoms with Crippen molar-refractivity contribution in [2.24, 2.45) is 0 Å². The number of aromatic carboxylic acids is 1. The smallest absolute Gasteiger partial charge is 0.335 e. The minimum absolute atomic E-state index is 0.124. The van der Waals surface area contributed by atoms with Crippen molar-refractivity contribution in [2.75, 3.05) is 13.1 Å². The Labute approximate surface area is 114 Å². The Hall–Kier alpha value is -1.20. The molecular formula is C13H14ClF2NO2. The molecule has 0 amide bonds. The lowest BCUT2D eigenvalue weighted by Gasteiger charge is -2.31. The molecule has 0 spiro atoms. The zero-order chi connectivity index (χ0) is 14.0. The first-order chi connectivity index (χ1) is 8.87. The highest BCUT2D eigenvalue weighted by Crippen LogP contribution is 2.29. The van der Waals surface area contributed by atoms with Gasteiger partial charge in [-0.05, 0) is 17.7 Å². The van der Waals surface area contributed by atoms with Gasteiger partial charge in [0.25, 0.3) is 5.92 Å². The second kappa shape index (κ2) is 5.43. The van der Waals surface area contributed by atoms with Gasteiger partial charge in [-0.3, -0.25) is 4.90 Å². The summed E-state index contributed by atoms with van der Waals surface area (Å²) < 4.78 is 26.0. The van der Waals surface area contributed by atoms with E-state index in [9.17, 15) is 13.6 Å². The van der Waals surface area contributed by atoms with Crippen LogP contribution in [0.3, 0.4) is 0 Å². The van der Waals surface area contributed by atoms with E-state index in [1.807, 2.05) is 4.90 Å². The maximum atomic E-state index is 13.0. The molecule has 0 bridgehead atoms. The molecular weight excluding hydrogens is 276 g/mol. The van der Waals surface area contributed by atoms with Gasteiger partial charge >= 0.3 is 5.97 Å². The number of hydrogen-bond acceptors (Lipinski definition) is 2. The summed E-state index contributed by atoms with van der Waals surface area (Å²) in [6.45, 7) is 1.11. The van der Waals surface area contributed by atoms with Gasteiger partial charge in [0.1, 0.15) is 0 Å². The van der Waals surface area contributed by atoms with E-state index in [2.05, 4.69) is 0 Å². The average molecular weight is 290 g/mol. The Bertz CT molecular complexity index is 484. The molecule has 1 N–H and O–H groups in total. The lowest BCUT2D eigenvalue weighted by molar-refractivity contribution is -0.0566. The number of hydrogen-bond donors (Lipinski definition) is 1. The van der Waals surface area contributed by atoms with Crippen molar-refractivity contribution in [2.45, 2.75) is 25.3 Å². The second-order valence-corrected chi connectivity index (χ2v) is 5.15. The first-order valence-corrected chi connectivity index (χ1v) is 6.37. The monoisotopic (exact) mass is 289 g/mol. The average Bonchev–Trinajstić information content (AvgIpc) is 2.34. The molecule has 1 aliphatic heterocycles. The van der Waals surface area contributed by atoms with Crippen LogP contribution in [0.15, 0.2) is 18.2 Å². The van der Waals surface area contributed by atoms with Gasteiger partial charge in [-0.15, -0.1) is 0 Å². The topological polar surface area (TPSA) is 40.5 Å². The lowest BCUT2D eigenvalue weighted by atomic mass is 10.1. The third kappa shape index (κ3) is 3.64. The number of alkyl halides is 2. The van der Waals surface area contributed by atoms with Crippen molar-refractivity contribution in [3.05, 3.63) is 34.3 Å². The Morgan fingerprint density at radius 3 is 2.53 bits per heavy atom. The van der Waals surface area contributed by atoms with Crippen molar-refractivity contribution in [1.82, 2.24) is 4.90 Å². The van der Waals surface area contributed by atoms with Crippen LogP contribution in [0.25, 0.3) is 0 Å². The van der Waals surface area contributed by atoms with E-state index >= 15 is 0 Å². The van der Waals surface area contributed by atoms with E-state index in [0.717, 1.165) is 5.56 Å². The van der Waals surface area contributed by atoms with Gasteiger partial charge in [-0.1, -0.05) is 17.7 Å². The van der Waals surface area contributed by atoms with Crippen LogP contribution in [-0.2, 0) is 6.54 Å². The summed E-state index contributed by atoms with van der Waals surface area (Å²) in [5.74, 6) is -3.60. The van der Waals surface area contributed by atoms with Crippen LogP contribution in [0.1, 0.15) is 28.8 Å². The van der Waals surface area contributed by atoms with Crippen molar-refractivity contribution in [3.63, 3.8) is 0 Å². The number of halogens is 3. The number of nitrogens with zero attached hydrogens (tertiary/aromatic N) is 1. The van der Waals surface area contributed by atoms with Gasteiger partial charge in [0.05, 0.1) is 5.56 Å². The van der Waals surface area contributed by atoms with Crippen LogP contribution >= 0.6 is 11.6 Å². The van der Waals surface area contributed by atoms with Gasteiger partial charge < -0.3 is 5.11 Å². The van der Waals surface area contributed by atoms with Crippen LogP contribution in [0.2, 0.25) is 5.02 Å². The van der Waals surface area contributed by atoms with Gasteiger partial charge in [-0.25, -0.2) is 13.6 Å². The number of piperidine rings is 1. The molecule has 0 atom stereocenters.